The highest BCUT2D eigenvalue weighted by Gasteiger charge is 2.24. The Bertz CT molecular complexity index is 344. The topological polar surface area (TPSA) is 20.2 Å². The highest BCUT2D eigenvalue weighted by atomic mass is 35.5. The van der Waals surface area contributed by atoms with E-state index in [-0.39, 0.29) is 6.10 Å². The zero-order valence-electron chi connectivity index (χ0n) is 9.04. The monoisotopic (exact) mass is 224 g/mol. The maximum Gasteiger partial charge on any atom is 0.0583 e. The lowest BCUT2D eigenvalue weighted by Gasteiger charge is -2.10. The van der Waals surface area contributed by atoms with E-state index in [0.717, 1.165) is 29.3 Å². The average Bonchev–Trinajstić information content (AvgIpc) is 2.95. The Labute approximate surface area is 96.1 Å². The predicted molar refractivity (Wildman–Crippen MR) is 63.2 cm³/mol. The van der Waals surface area contributed by atoms with Crippen molar-refractivity contribution in [3.63, 3.8) is 0 Å². The minimum atomic E-state index is -0.182. The van der Waals surface area contributed by atoms with E-state index in [9.17, 15) is 5.11 Å². The Morgan fingerprint density at radius 3 is 2.80 bits per heavy atom. The van der Waals surface area contributed by atoms with Gasteiger partial charge in [0, 0.05) is 5.02 Å². The summed E-state index contributed by atoms with van der Waals surface area (Å²) in [7, 11) is 0. The van der Waals surface area contributed by atoms with Gasteiger partial charge in [-0.15, -0.1) is 0 Å². The minimum absolute atomic E-state index is 0.182. The molecule has 0 radical (unpaired) electrons. The standard InChI is InChI=1S/C13H17ClO/c1-9-6-11(4-5-13(9)14)8-12(15)7-10-2-3-10/h4-6,10,12,15H,2-3,7-8H2,1H3. The zero-order chi connectivity index (χ0) is 10.8. The summed E-state index contributed by atoms with van der Waals surface area (Å²) in [6.45, 7) is 2.00. The van der Waals surface area contributed by atoms with Crippen LogP contribution in [0.3, 0.4) is 0 Å². The molecule has 0 bridgehead atoms. The molecule has 1 N–H and O–H groups in total. The Morgan fingerprint density at radius 1 is 1.47 bits per heavy atom. The molecule has 1 aromatic rings. The molecule has 1 unspecified atom stereocenters. The molecule has 1 fully saturated rings. The highest BCUT2D eigenvalue weighted by molar-refractivity contribution is 6.31. The number of aryl methyl sites for hydroxylation is 1. The molecule has 0 heterocycles. The van der Waals surface area contributed by atoms with Crippen molar-refractivity contribution in [2.45, 2.75) is 38.7 Å². The van der Waals surface area contributed by atoms with Gasteiger partial charge in [0.1, 0.15) is 0 Å². The Morgan fingerprint density at radius 2 is 2.20 bits per heavy atom. The van der Waals surface area contributed by atoms with Crippen molar-refractivity contribution in [1.29, 1.82) is 0 Å². The number of hydrogen-bond donors (Lipinski definition) is 1. The quantitative estimate of drug-likeness (QED) is 0.832. The first-order chi connectivity index (χ1) is 7.15. The van der Waals surface area contributed by atoms with Gasteiger partial charge in [-0.05, 0) is 42.9 Å². The molecular weight excluding hydrogens is 208 g/mol. The van der Waals surface area contributed by atoms with Crippen molar-refractivity contribution < 1.29 is 5.11 Å². The smallest absolute Gasteiger partial charge is 0.0583 e. The maximum atomic E-state index is 9.84. The van der Waals surface area contributed by atoms with Crippen LogP contribution in [0.25, 0.3) is 0 Å². The van der Waals surface area contributed by atoms with E-state index in [1.165, 1.54) is 18.4 Å². The van der Waals surface area contributed by atoms with E-state index in [2.05, 4.69) is 6.07 Å². The molecule has 1 atom stereocenters. The number of rotatable bonds is 4. The molecule has 1 nitrogen and oxygen atoms in total. The molecule has 2 heteroatoms. The molecule has 0 aliphatic heterocycles. The summed E-state index contributed by atoms with van der Waals surface area (Å²) in [5.74, 6) is 0.786. The lowest BCUT2D eigenvalue weighted by molar-refractivity contribution is 0.158. The summed E-state index contributed by atoms with van der Waals surface area (Å²) in [5, 5.41) is 10.6. The Hall–Kier alpha value is -0.530. The molecule has 1 aliphatic rings. The van der Waals surface area contributed by atoms with Gasteiger partial charge < -0.3 is 5.11 Å². The SMILES string of the molecule is Cc1cc(CC(O)CC2CC2)ccc1Cl. The van der Waals surface area contributed by atoms with Gasteiger partial charge in [0.15, 0.2) is 0 Å². The lowest BCUT2D eigenvalue weighted by atomic mass is 10.0. The van der Waals surface area contributed by atoms with Crippen molar-refractivity contribution >= 4 is 11.6 Å². The predicted octanol–water partition coefficient (Wildman–Crippen LogP) is 3.35. The van der Waals surface area contributed by atoms with Crippen molar-refractivity contribution in [3.05, 3.63) is 34.3 Å². The van der Waals surface area contributed by atoms with Crippen LogP contribution in [0.5, 0.6) is 0 Å². The number of hydrogen-bond acceptors (Lipinski definition) is 1. The van der Waals surface area contributed by atoms with E-state index in [0.29, 0.717) is 0 Å². The summed E-state index contributed by atoms with van der Waals surface area (Å²) < 4.78 is 0. The van der Waals surface area contributed by atoms with Gasteiger partial charge in [-0.1, -0.05) is 36.6 Å². The summed E-state index contributed by atoms with van der Waals surface area (Å²) in [6, 6.07) is 5.99. The van der Waals surface area contributed by atoms with Gasteiger partial charge in [-0.2, -0.15) is 0 Å². The second-order valence-electron chi connectivity index (χ2n) is 4.62. The first kappa shape index (κ1) is 11.0. The molecule has 2 rings (SSSR count). The summed E-state index contributed by atoms with van der Waals surface area (Å²) >= 11 is 5.95. The molecule has 0 aromatic heterocycles. The van der Waals surface area contributed by atoms with Gasteiger partial charge in [-0.3, -0.25) is 0 Å². The van der Waals surface area contributed by atoms with Gasteiger partial charge in [0.25, 0.3) is 0 Å². The molecule has 1 aromatic carbocycles. The molecule has 1 saturated carbocycles. The van der Waals surface area contributed by atoms with Crippen LogP contribution in [0.2, 0.25) is 5.02 Å². The number of benzene rings is 1. The van der Waals surface area contributed by atoms with E-state index in [1.54, 1.807) is 0 Å². The number of aliphatic hydroxyl groups is 1. The Kier molecular flexibility index (Phi) is 3.32. The molecular formula is C13H17ClO. The molecule has 0 saturated heterocycles. The second kappa shape index (κ2) is 4.54. The van der Waals surface area contributed by atoms with Crippen molar-refractivity contribution in [2.75, 3.05) is 0 Å². The molecule has 0 amide bonds. The highest BCUT2D eigenvalue weighted by Crippen LogP contribution is 2.34. The van der Waals surface area contributed by atoms with Crippen molar-refractivity contribution in [1.82, 2.24) is 0 Å². The first-order valence-corrected chi connectivity index (χ1v) is 5.96. The molecule has 1 aliphatic carbocycles. The molecule has 82 valence electrons. The van der Waals surface area contributed by atoms with Crippen LogP contribution < -0.4 is 0 Å². The van der Waals surface area contributed by atoms with E-state index in [1.807, 2.05) is 19.1 Å². The largest absolute Gasteiger partial charge is 0.393 e. The van der Waals surface area contributed by atoms with E-state index < -0.39 is 0 Å². The number of aliphatic hydroxyl groups excluding tert-OH is 1. The first-order valence-electron chi connectivity index (χ1n) is 5.58. The summed E-state index contributed by atoms with van der Waals surface area (Å²) in [5.41, 5.74) is 2.28. The van der Waals surface area contributed by atoms with Crippen LogP contribution in [-0.4, -0.2) is 11.2 Å². The normalized spacial score (nSPS) is 17.8. The lowest BCUT2D eigenvalue weighted by Crippen LogP contribution is -2.11. The molecule has 0 spiro atoms. The van der Waals surface area contributed by atoms with Crippen LogP contribution in [0.1, 0.15) is 30.4 Å². The van der Waals surface area contributed by atoms with Crippen molar-refractivity contribution in [3.8, 4) is 0 Å². The zero-order valence-corrected chi connectivity index (χ0v) is 9.80. The fraction of sp³-hybridized carbons (Fsp3) is 0.538. The summed E-state index contributed by atoms with van der Waals surface area (Å²) in [4.78, 5) is 0. The fourth-order valence-electron chi connectivity index (χ4n) is 1.93. The second-order valence-corrected chi connectivity index (χ2v) is 5.03. The van der Waals surface area contributed by atoms with Crippen molar-refractivity contribution in [2.24, 2.45) is 5.92 Å². The van der Waals surface area contributed by atoms with Gasteiger partial charge in [-0.25, -0.2) is 0 Å². The van der Waals surface area contributed by atoms with Crippen LogP contribution in [0, 0.1) is 12.8 Å². The minimum Gasteiger partial charge on any atom is -0.393 e. The summed E-state index contributed by atoms with van der Waals surface area (Å²) in [6.07, 6.45) is 4.14. The number of halogens is 1. The van der Waals surface area contributed by atoms with Crippen LogP contribution >= 0.6 is 11.6 Å². The van der Waals surface area contributed by atoms with Gasteiger partial charge in [0.05, 0.1) is 6.10 Å². The van der Waals surface area contributed by atoms with Crippen LogP contribution in [0.4, 0.5) is 0 Å². The third-order valence-electron chi connectivity index (χ3n) is 3.00. The third-order valence-corrected chi connectivity index (χ3v) is 3.42. The fourth-order valence-corrected chi connectivity index (χ4v) is 2.05. The average molecular weight is 225 g/mol. The van der Waals surface area contributed by atoms with Crippen LogP contribution in [-0.2, 0) is 6.42 Å². The Balaban J connectivity index is 1.93. The van der Waals surface area contributed by atoms with E-state index >= 15 is 0 Å². The van der Waals surface area contributed by atoms with E-state index in [4.69, 9.17) is 11.6 Å². The third kappa shape index (κ3) is 3.22. The maximum absolute atomic E-state index is 9.84. The van der Waals surface area contributed by atoms with Crippen LogP contribution in [0.15, 0.2) is 18.2 Å². The molecule has 15 heavy (non-hydrogen) atoms. The van der Waals surface area contributed by atoms with Gasteiger partial charge in [0.2, 0.25) is 0 Å². The van der Waals surface area contributed by atoms with Gasteiger partial charge >= 0.3 is 0 Å².